The Morgan fingerprint density at radius 1 is 1.17 bits per heavy atom. The predicted molar refractivity (Wildman–Crippen MR) is 112 cm³/mol. The number of aliphatic hydroxyl groups excluding tert-OH is 1. The Morgan fingerprint density at radius 2 is 2.03 bits per heavy atom. The molecular formula is C20H26N8O2. The van der Waals surface area contributed by atoms with Gasteiger partial charge in [-0.15, -0.1) is 0 Å². The van der Waals surface area contributed by atoms with E-state index in [0.717, 1.165) is 37.3 Å². The molecule has 0 spiro atoms. The number of aryl methyl sites for hydroxylation is 1. The van der Waals surface area contributed by atoms with Gasteiger partial charge in [0.1, 0.15) is 0 Å². The Kier molecular flexibility index (Phi) is 5.77. The molecule has 10 heteroatoms. The molecule has 4 bridgehead atoms. The van der Waals surface area contributed by atoms with E-state index >= 15 is 0 Å². The molecule has 158 valence electrons. The third-order valence-corrected chi connectivity index (χ3v) is 5.03. The van der Waals surface area contributed by atoms with Crippen LogP contribution in [-0.4, -0.2) is 67.1 Å². The molecule has 30 heavy (non-hydrogen) atoms. The Balaban J connectivity index is 1.66. The van der Waals surface area contributed by atoms with E-state index in [9.17, 15) is 9.90 Å². The van der Waals surface area contributed by atoms with E-state index in [2.05, 4.69) is 37.8 Å². The van der Waals surface area contributed by atoms with Gasteiger partial charge < -0.3 is 20.6 Å². The summed E-state index contributed by atoms with van der Waals surface area (Å²) in [6.07, 6.45) is 5.13. The number of nitrogens with one attached hydrogen (secondary N) is 2. The SMILES string of the molecule is CN1CCCNC(=O)c2nn(C)cc2NC(O)c2cccc(n2)-c2cnn(c2)CC1. The minimum absolute atomic E-state index is 0.239. The molecule has 1 atom stereocenters. The van der Waals surface area contributed by atoms with Gasteiger partial charge in [0.2, 0.25) is 0 Å². The van der Waals surface area contributed by atoms with Gasteiger partial charge in [-0.25, -0.2) is 4.98 Å². The van der Waals surface area contributed by atoms with Gasteiger partial charge in [0.15, 0.2) is 11.9 Å². The van der Waals surface area contributed by atoms with Crippen molar-refractivity contribution in [2.24, 2.45) is 7.05 Å². The van der Waals surface area contributed by atoms with Crippen molar-refractivity contribution in [1.29, 1.82) is 0 Å². The van der Waals surface area contributed by atoms with Crippen molar-refractivity contribution in [3.63, 3.8) is 0 Å². The first kappa shape index (κ1) is 20.0. The van der Waals surface area contributed by atoms with Crippen molar-refractivity contribution in [2.45, 2.75) is 19.2 Å². The van der Waals surface area contributed by atoms with Crippen molar-refractivity contribution in [3.05, 3.63) is 48.2 Å². The third-order valence-electron chi connectivity index (χ3n) is 5.03. The Labute approximate surface area is 174 Å². The van der Waals surface area contributed by atoms with E-state index in [1.807, 2.05) is 23.0 Å². The molecule has 1 aliphatic rings. The predicted octanol–water partition coefficient (Wildman–Crippen LogP) is 0.847. The summed E-state index contributed by atoms with van der Waals surface area (Å²) >= 11 is 0. The molecule has 0 aromatic carbocycles. The second-order valence-electron chi connectivity index (χ2n) is 7.46. The number of likely N-dealkylation sites (N-methyl/N-ethyl adjacent to an activating group) is 1. The zero-order valence-electron chi connectivity index (χ0n) is 17.1. The molecule has 0 saturated carbocycles. The largest absolute Gasteiger partial charge is 0.368 e. The minimum atomic E-state index is -1.09. The molecule has 10 nitrogen and oxygen atoms in total. The number of hydrogen-bond donors (Lipinski definition) is 3. The lowest BCUT2D eigenvalue weighted by Crippen LogP contribution is -2.30. The molecule has 0 fully saturated rings. The van der Waals surface area contributed by atoms with E-state index in [0.29, 0.717) is 17.9 Å². The van der Waals surface area contributed by atoms with Gasteiger partial charge in [-0.1, -0.05) is 6.07 Å². The molecule has 1 amide bonds. The van der Waals surface area contributed by atoms with Crippen LogP contribution in [0.4, 0.5) is 5.69 Å². The number of aromatic nitrogens is 5. The van der Waals surface area contributed by atoms with Crippen molar-refractivity contribution in [3.8, 4) is 11.3 Å². The normalized spacial score (nSPS) is 18.6. The number of nitrogens with zero attached hydrogens (tertiary/aromatic N) is 6. The van der Waals surface area contributed by atoms with Gasteiger partial charge in [-0.3, -0.25) is 14.2 Å². The molecule has 0 saturated heterocycles. The summed E-state index contributed by atoms with van der Waals surface area (Å²) in [5.74, 6) is -0.279. The number of anilines is 1. The molecule has 1 unspecified atom stereocenters. The standard InChI is InChI=1S/C20H26N8O2/c1-26-8-4-7-21-20(30)18-17(13-27(2)25-18)24-19(29)16-6-3-5-15(23-16)14-11-22-28(12-14)10-9-26/h3,5-6,11-13,19,24,29H,4,7-10H2,1-2H3,(H,21,30). The number of aliphatic hydroxyl groups is 1. The van der Waals surface area contributed by atoms with Crippen LogP contribution < -0.4 is 10.6 Å². The highest BCUT2D eigenvalue weighted by atomic mass is 16.3. The summed E-state index contributed by atoms with van der Waals surface area (Å²) in [6, 6.07) is 5.45. The van der Waals surface area contributed by atoms with Crippen LogP contribution in [0.3, 0.4) is 0 Å². The molecule has 1 aliphatic heterocycles. The first-order valence-corrected chi connectivity index (χ1v) is 9.94. The number of fused-ring (bicyclic) bond motifs is 6. The van der Waals surface area contributed by atoms with E-state index in [-0.39, 0.29) is 11.6 Å². The topological polar surface area (TPSA) is 113 Å². The number of rotatable bonds is 0. The van der Waals surface area contributed by atoms with Crippen LogP contribution in [-0.2, 0) is 13.6 Å². The monoisotopic (exact) mass is 410 g/mol. The van der Waals surface area contributed by atoms with Gasteiger partial charge >= 0.3 is 0 Å². The highest BCUT2D eigenvalue weighted by molar-refractivity contribution is 5.97. The zero-order chi connectivity index (χ0) is 21.1. The minimum Gasteiger partial charge on any atom is -0.368 e. The highest BCUT2D eigenvalue weighted by Crippen LogP contribution is 2.22. The maximum atomic E-state index is 12.6. The maximum absolute atomic E-state index is 12.6. The van der Waals surface area contributed by atoms with E-state index in [1.54, 1.807) is 30.2 Å². The van der Waals surface area contributed by atoms with Crippen LogP contribution in [0.1, 0.15) is 28.8 Å². The van der Waals surface area contributed by atoms with Crippen molar-refractivity contribution in [2.75, 3.05) is 32.0 Å². The fraction of sp³-hybridized carbons (Fsp3) is 0.400. The van der Waals surface area contributed by atoms with Crippen LogP contribution in [0.15, 0.2) is 36.8 Å². The number of amides is 1. The van der Waals surface area contributed by atoms with Gasteiger partial charge in [0.25, 0.3) is 5.91 Å². The fourth-order valence-electron chi connectivity index (χ4n) is 3.39. The Bertz CT molecular complexity index is 1030. The number of carbonyl (C=O) groups excluding carboxylic acids is 1. The van der Waals surface area contributed by atoms with Gasteiger partial charge in [-0.2, -0.15) is 10.2 Å². The summed E-state index contributed by atoms with van der Waals surface area (Å²) in [4.78, 5) is 19.4. The zero-order valence-corrected chi connectivity index (χ0v) is 17.1. The first-order valence-electron chi connectivity index (χ1n) is 9.94. The number of hydrogen-bond acceptors (Lipinski definition) is 7. The maximum Gasteiger partial charge on any atom is 0.273 e. The second kappa shape index (κ2) is 8.64. The van der Waals surface area contributed by atoms with E-state index in [1.165, 1.54) is 0 Å². The van der Waals surface area contributed by atoms with Crippen LogP contribution in [0, 0.1) is 0 Å². The molecule has 0 aliphatic carbocycles. The average Bonchev–Trinajstić information content (AvgIpc) is 3.35. The van der Waals surface area contributed by atoms with Crippen LogP contribution in [0.2, 0.25) is 0 Å². The Morgan fingerprint density at radius 3 is 2.90 bits per heavy atom. The summed E-state index contributed by atoms with van der Waals surface area (Å²) in [6.45, 7) is 2.99. The first-order chi connectivity index (χ1) is 14.5. The number of carbonyl (C=O) groups is 1. The molecule has 3 aromatic rings. The van der Waals surface area contributed by atoms with Crippen molar-refractivity contribution >= 4 is 11.6 Å². The summed E-state index contributed by atoms with van der Waals surface area (Å²) in [5, 5.41) is 25.2. The van der Waals surface area contributed by atoms with E-state index < -0.39 is 6.23 Å². The van der Waals surface area contributed by atoms with Gasteiger partial charge in [-0.05, 0) is 32.1 Å². The van der Waals surface area contributed by atoms with E-state index in [4.69, 9.17) is 0 Å². The Hall–Kier alpha value is -3.24. The molecular weight excluding hydrogens is 384 g/mol. The lowest BCUT2D eigenvalue weighted by Gasteiger charge is -2.17. The molecule has 3 N–H and O–H groups in total. The third kappa shape index (κ3) is 4.50. The molecule has 4 rings (SSSR count). The quantitative estimate of drug-likeness (QED) is 0.503. The lowest BCUT2D eigenvalue weighted by molar-refractivity contribution is 0.0946. The summed E-state index contributed by atoms with van der Waals surface area (Å²) < 4.78 is 3.43. The molecule has 0 radical (unpaired) electrons. The van der Waals surface area contributed by atoms with Crippen LogP contribution >= 0.6 is 0 Å². The summed E-state index contributed by atoms with van der Waals surface area (Å²) in [7, 11) is 3.78. The highest BCUT2D eigenvalue weighted by Gasteiger charge is 2.20. The van der Waals surface area contributed by atoms with Crippen LogP contribution in [0.25, 0.3) is 11.3 Å². The second-order valence-corrected chi connectivity index (χ2v) is 7.46. The summed E-state index contributed by atoms with van der Waals surface area (Å²) in [5.41, 5.74) is 2.73. The van der Waals surface area contributed by atoms with Crippen molar-refractivity contribution < 1.29 is 9.90 Å². The smallest absolute Gasteiger partial charge is 0.273 e. The average molecular weight is 410 g/mol. The molecule has 4 heterocycles. The van der Waals surface area contributed by atoms with Gasteiger partial charge in [0.05, 0.1) is 29.8 Å². The molecule has 3 aromatic heterocycles. The van der Waals surface area contributed by atoms with Crippen molar-refractivity contribution in [1.82, 2.24) is 34.8 Å². The van der Waals surface area contributed by atoms with Crippen LogP contribution in [0.5, 0.6) is 0 Å². The number of pyridine rings is 1. The van der Waals surface area contributed by atoms with Gasteiger partial charge in [0, 0.05) is 38.1 Å². The lowest BCUT2D eigenvalue weighted by atomic mass is 10.2. The fourth-order valence-corrected chi connectivity index (χ4v) is 3.39.